The molecule has 5 fully saturated rings. The van der Waals surface area contributed by atoms with Crippen LogP contribution in [0.15, 0.2) is 69.9 Å². The molecule has 4 saturated carbocycles. The lowest BCUT2D eigenvalue weighted by Gasteiger charge is -2.53. The van der Waals surface area contributed by atoms with Crippen LogP contribution < -0.4 is 4.90 Å². The summed E-state index contributed by atoms with van der Waals surface area (Å²) in [5, 5.41) is 12.9. The Kier molecular flexibility index (Phi) is 8.38. The molecule has 0 aromatic heterocycles. The zero-order valence-electron chi connectivity index (χ0n) is 34.9. The summed E-state index contributed by atoms with van der Waals surface area (Å²) < 4.78 is 7.00. The summed E-state index contributed by atoms with van der Waals surface area (Å²) in [6, 6.07) is 9.64. The van der Waals surface area contributed by atoms with Gasteiger partial charge in [-0.05, 0) is 180 Å². The molecule has 1 aromatic rings. The Morgan fingerprint density at radius 2 is 1.43 bits per heavy atom. The first-order chi connectivity index (χ1) is 26.7. The normalized spacial score (nSPS) is 42.2. The number of carbonyl (C=O) groups is 2. The second-order valence-electron chi connectivity index (χ2n) is 20.7. The van der Waals surface area contributed by atoms with Crippen molar-refractivity contribution in [2.45, 2.75) is 166 Å². The Bertz CT molecular complexity index is 2090. The van der Waals surface area contributed by atoms with Gasteiger partial charge >= 0.3 is 0 Å². The van der Waals surface area contributed by atoms with Gasteiger partial charge in [0.25, 0.3) is 0 Å². The third-order valence-corrected chi connectivity index (χ3v) is 18.1. The Hall–Kier alpha value is -3.20. The number of nitrogens with zero attached hydrogens (tertiary/aromatic N) is 1. The molecule has 0 bridgehead atoms. The number of benzene rings is 1. The number of epoxide rings is 1. The number of rotatable bonds is 4. The minimum atomic E-state index is -1.05. The number of ketones is 2. The minimum Gasteiger partial charge on any atom is -0.377 e. The van der Waals surface area contributed by atoms with Crippen molar-refractivity contribution in [3.8, 4) is 11.8 Å². The van der Waals surface area contributed by atoms with E-state index in [0.717, 1.165) is 70.6 Å². The smallest absolute Gasteiger partial charge is 0.156 e. The van der Waals surface area contributed by atoms with Crippen LogP contribution >= 0.6 is 0 Å². The van der Waals surface area contributed by atoms with E-state index in [1.54, 1.807) is 11.1 Å². The topological polar surface area (TPSA) is 70.1 Å². The van der Waals surface area contributed by atoms with Gasteiger partial charge in [0, 0.05) is 54.8 Å². The van der Waals surface area contributed by atoms with Crippen LogP contribution in [0, 0.1) is 46.3 Å². The van der Waals surface area contributed by atoms with Gasteiger partial charge in [-0.25, -0.2) is 0 Å². The van der Waals surface area contributed by atoms with Crippen molar-refractivity contribution in [2.75, 3.05) is 11.9 Å². The molecule has 1 aromatic carbocycles. The summed E-state index contributed by atoms with van der Waals surface area (Å²) >= 11 is 0. The van der Waals surface area contributed by atoms with E-state index in [2.05, 4.69) is 82.7 Å². The first kappa shape index (κ1) is 37.1. The molecule has 10 atom stereocenters. The zero-order valence-corrected chi connectivity index (χ0v) is 34.9. The number of hydrogen-bond acceptors (Lipinski definition) is 5. The molecule has 1 heterocycles. The van der Waals surface area contributed by atoms with E-state index in [9.17, 15) is 14.7 Å². The van der Waals surface area contributed by atoms with Crippen molar-refractivity contribution in [1.29, 1.82) is 0 Å². The van der Waals surface area contributed by atoms with Crippen LogP contribution in [0.25, 0.3) is 0 Å². The van der Waals surface area contributed by atoms with Gasteiger partial charge in [0.1, 0.15) is 16.8 Å². The van der Waals surface area contributed by atoms with E-state index in [1.165, 1.54) is 46.4 Å². The molecule has 5 heteroatoms. The van der Waals surface area contributed by atoms with Crippen LogP contribution in [-0.2, 0) is 14.3 Å². The lowest BCUT2D eigenvalue weighted by atomic mass is 9.51. The molecule has 0 amide bonds. The van der Waals surface area contributed by atoms with Crippen molar-refractivity contribution in [2.24, 2.45) is 34.5 Å². The third kappa shape index (κ3) is 5.12. The number of carbonyl (C=O) groups excluding carboxylic acids is 2. The Morgan fingerprint density at radius 3 is 2.14 bits per heavy atom. The van der Waals surface area contributed by atoms with Gasteiger partial charge in [-0.1, -0.05) is 49.0 Å². The van der Waals surface area contributed by atoms with E-state index in [1.807, 2.05) is 12.2 Å². The fraction of sp³-hybridized carbons (Fsp3) is 0.647. The predicted octanol–water partition coefficient (Wildman–Crippen LogP) is 10.3. The number of allylic oxidation sites excluding steroid dienone is 8. The standard InChI is InChI=1S/C51H63NO4/c1-31(2)52(6)35-12-8-32(9-13-35)43-30-48(4)45(42-17-11-34-29-37(54)15-19-39(34)46(42)43)21-26-50(48,55)24-7-23-49(5)51(56-49)27-22-44-41-16-10-33-28-36(53)14-18-38(33)40(41)20-25-47(44,51)3/h8-9,12-13,28-29,31,41-45,55H,10-11,14-23,25-27,30H2,1-6H3/t41-,42+,43-,44+,45+,47+,48+,49?,50+,51+/m1/s1. The van der Waals surface area contributed by atoms with Crippen molar-refractivity contribution in [3.63, 3.8) is 0 Å². The first-order valence-corrected chi connectivity index (χ1v) is 22.4. The van der Waals surface area contributed by atoms with E-state index >= 15 is 0 Å². The average molecular weight is 754 g/mol. The maximum atomic E-state index is 12.9. The maximum Gasteiger partial charge on any atom is 0.156 e. The predicted molar refractivity (Wildman–Crippen MR) is 222 cm³/mol. The Labute approximate surface area is 335 Å². The van der Waals surface area contributed by atoms with Crippen LogP contribution in [-0.4, -0.2) is 46.6 Å². The summed E-state index contributed by atoms with van der Waals surface area (Å²) in [5.74, 6) is 10.1. The highest BCUT2D eigenvalue weighted by Gasteiger charge is 2.79. The molecule has 296 valence electrons. The third-order valence-electron chi connectivity index (χ3n) is 18.1. The number of ether oxygens (including phenoxy) is 1. The van der Waals surface area contributed by atoms with Gasteiger partial charge in [-0.3, -0.25) is 9.59 Å². The fourth-order valence-electron chi connectivity index (χ4n) is 14.9. The van der Waals surface area contributed by atoms with Crippen molar-refractivity contribution in [1.82, 2.24) is 0 Å². The van der Waals surface area contributed by atoms with E-state index in [-0.39, 0.29) is 33.7 Å². The lowest BCUT2D eigenvalue weighted by molar-refractivity contribution is -0.115. The quantitative estimate of drug-likeness (QED) is 0.245. The number of anilines is 1. The van der Waals surface area contributed by atoms with Crippen LogP contribution in [0.5, 0.6) is 0 Å². The lowest BCUT2D eigenvalue weighted by Crippen LogP contribution is -2.51. The summed E-state index contributed by atoms with van der Waals surface area (Å²) in [6.45, 7) is 11.7. The Balaban J connectivity index is 0.930. The molecule has 56 heavy (non-hydrogen) atoms. The van der Waals surface area contributed by atoms with Crippen LogP contribution in [0.2, 0.25) is 0 Å². The second kappa shape index (κ2) is 12.6. The monoisotopic (exact) mass is 753 g/mol. The van der Waals surface area contributed by atoms with Crippen molar-refractivity contribution >= 4 is 17.3 Å². The average Bonchev–Trinajstić information content (AvgIpc) is 3.54. The molecular formula is C51H63NO4. The molecule has 9 aliphatic rings. The summed E-state index contributed by atoms with van der Waals surface area (Å²) in [4.78, 5) is 27.1. The maximum absolute atomic E-state index is 12.9. The molecule has 0 radical (unpaired) electrons. The van der Waals surface area contributed by atoms with Crippen LogP contribution in [0.4, 0.5) is 5.69 Å². The summed E-state index contributed by atoms with van der Waals surface area (Å²) in [6.07, 6.45) is 19.1. The van der Waals surface area contributed by atoms with Crippen LogP contribution in [0.3, 0.4) is 0 Å². The Morgan fingerprint density at radius 1 is 0.786 bits per heavy atom. The van der Waals surface area contributed by atoms with E-state index in [4.69, 9.17) is 4.74 Å². The van der Waals surface area contributed by atoms with Gasteiger partial charge in [-0.2, -0.15) is 0 Å². The van der Waals surface area contributed by atoms with Gasteiger partial charge in [0.05, 0.1) is 0 Å². The van der Waals surface area contributed by atoms with Crippen molar-refractivity contribution < 1.29 is 19.4 Å². The highest BCUT2D eigenvalue weighted by Crippen LogP contribution is 2.75. The highest BCUT2D eigenvalue weighted by atomic mass is 16.6. The molecular weight excluding hydrogens is 691 g/mol. The minimum absolute atomic E-state index is 0.128. The van der Waals surface area contributed by atoms with Gasteiger partial charge in [-0.15, -0.1) is 0 Å². The van der Waals surface area contributed by atoms with Gasteiger partial charge in [0.15, 0.2) is 11.6 Å². The molecule has 1 unspecified atom stereocenters. The first-order valence-electron chi connectivity index (χ1n) is 22.4. The fourth-order valence-corrected chi connectivity index (χ4v) is 14.9. The summed E-state index contributed by atoms with van der Waals surface area (Å²) in [5.41, 5.74) is 9.72. The molecule has 1 saturated heterocycles. The van der Waals surface area contributed by atoms with Gasteiger partial charge < -0.3 is 14.7 Å². The SMILES string of the molecule is CC(C)N(C)c1ccc([C@H]2C[C@@]3(C)[C@@H](CC[C@@]3(O)C#CCC3(C)O[C@]34CC[C@H]3[C@@H]5CCC6=CC(=O)CCC6=C5CC[C@@]34C)[C@@H]3CCC4=CC(=O)CCC4=C32)cc1. The molecule has 1 spiro atoms. The molecule has 8 aliphatic carbocycles. The summed E-state index contributed by atoms with van der Waals surface area (Å²) in [7, 11) is 2.16. The highest BCUT2D eigenvalue weighted by molar-refractivity contribution is 5.93. The van der Waals surface area contributed by atoms with E-state index in [0.29, 0.717) is 54.8 Å². The molecule has 1 N–H and O–H groups in total. The van der Waals surface area contributed by atoms with Crippen molar-refractivity contribution in [3.05, 3.63) is 75.4 Å². The molecule has 5 nitrogen and oxygen atoms in total. The largest absolute Gasteiger partial charge is 0.377 e. The number of hydrogen-bond donors (Lipinski definition) is 1. The van der Waals surface area contributed by atoms with E-state index < -0.39 is 5.60 Å². The zero-order chi connectivity index (χ0) is 39.0. The second-order valence-corrected chi connectivity index (χ2v) is 20.7. The van der Waals surface area contributed by atoms with Crippen LogP contribution in [0.1, 0.15) is 149 Å². The van der Waals surface area contributed by atoms with Gasteiger partial charge in [0.2, 0.25) is 0 Å². The number of fused-ring (bicyclic) bond motifs is 9. The number of aliphatic hydroxyl groups is 1. The molecule has 1 aliphatic heterocycles. The molecule has 10 rings (SSSR count).